The van der Waals surface area contributed by atoms with E-state index in [-0.39, 0.29) is 18.2 Å². The number of hydrogen-bond acceptors (Lipinski definition) is 5. The minimum atomic E-state index is -0.551. The molecule has 0 radical (unpaired) electrons. The van der Waals surface area contributed by atoms with Crippen molar-refractivity contribution in [3.63, 3.8) is 0 Å². The van der Waals surface area contributed by atoms with Gasteiger partial charge in [-0.15, -0.1) is 0 Å². The topological polar surface area (TPSA) is 91.5 Å². The number of aromatic amines is 1. The van der Waals surface area contributed by atoms with E-state index in [1.54, 1.807) is 32.7 Å². The molecule has 29 heavy (non-hydrogen) atoms. The lowest BCUT2D eigenvalue weighted by molar-refractivity contribution is -0.117. The van der Waals surface area contributed by atoms with Crippen LogP contribution in [0.25, 0.3) is 0 Å². The molecule has 1 amide bonds. The van der Waals surface area contributed by atoms with Crippen LogP contribution in [-0.2, 0) is 16.0 Å². The van der Waals surface area contributed by atoms with Gasteiger partial charge in [0.25, 0.3) is 0 Å². The second-order valence-electron chi connectivity index (χ2n) is 7.13. The highest BCUT2D eigenvalue weighted by Gasteiger charge is 2.28. The Kier molecular flexibility index (Phi) is 7.34. The maximum absolute atomic E-state index is 13.0. The molecule has 0 aliphatic heterocycles. The van der Waals surface area contributed by atoms with Gasteiger partial charge < -0.3 is 15.0 Å². The van der Waals surface area contributed by atoms with Gasteiger partial charge >= 0.3 is 5.97 Å². The standard InChI is InChI=1S/C22H29N3O4/c1-7-16-10-8-9-11-17(16)24-18(26)12-25(5)15(4)21(27)20-13(2)19(14(3)23-20)22(28)29-6/h8-11,15,23H,7,12H2,1-6H3,(H,24,26). The molecule has 0 aliphatic carbocycles. The van der Waals surface area contributed by atoms with E-state index in [0.717, 1.165) is 17.7 Å². The SMILES string of the molecule is CCc1ccccc1NC(=O)CN(C)C(C)C(=O)c1[nH]c(C)c(C(=O)OC)c1C. The van der Waals surface area contributed by atoms with Crippen molar-refractivity contribution < 1.29 is 19.1 Å². The number of ketones is 1. The highest BCUT2D eigenvalue weighted by molar-refractivity contribution is 6.04. The first-order chi connectivity index (χ1) is 13.7. The molecule has 2 rings (SSSR count). The number of anilines is 1. The Labute approximate surface area is 171 Å². The Morgan fingerprint density at radius 1 is 1.21 bits per heavy atom. The molecule has 0 spiro atoms. The van der Waals surface area contributed by atoms with Crippen LogP contribution < -0.4 is 5.32 Å². The van der Waals surface area contributed by atoms with E-state index in [4.69, 9.17) is 4.74 Å². The average molecular weight is 399 g/mol. The molecule has 1 aromatic carbocycles. The number of para-hydroxylation sites is 1. The summed E-state index contributed by atoms with van der Waals surface area (Å²) >= 11 is 0. The molecule has 1 unspecified atom stereocenters. The summed E-state index contributed by atoms with van der Waals surface area (Å²) in [5, 5.41) is 2.91. The zero-order chi connectivity index (χ0) is 21.7. The van der Waals surface area contributed by atoms with Gasteiger partial charge in [0.2, 0.25) is 5.91 Å². The molecule has 0 aliphatic rings. The van der Waals surface area contributed by atoms with Crippen molar-refractivity contribution in [1.82, 2.24) is 9.88 Å². The number of aryl methyl sites for hydroxylation is 2. The number of methoxy groups -OCH3 is 1. The van der Waals surface area contributed by atoms with Crippen molar-refractivity contribution in [3.8, 4) is 0 Å². The second-order valence-corrected chi connectivity index (χ2v) is 7.13. The number of aromatic nitrogens is 1. The fourth-order valence-corrected chi connectivity index (χ4v) is 3.32. The van der Waals surface area contributed by atoms with E-state index in [2.05, 4.69) is 10.3 Å². The van der Waals surface area contributed by atoms with Gasteiger partial charge in [-0.2, -0.15) is 0 Å². The van der Waals surface area contributed by atoms with Gasteiger partial charge in [-0.1, -0.05) is 25.1 Å². The third-order valence-electron chi connectivity index (χ3n) is 5.18. The Hall–Kier alpha value is -2.93. The van der Waals surface area contributed by atoms with Crippen LogP contribution in [0.3, 0.4) is 0 Å². The fourth-order valence-electron chi connectivity index (χ4n) is 3.32. The third kappa shape index (κ3) is 4.92. The molecular weight excluding hydrogens is 370 g/mol. The number of carbonyl (C=O) groups excluding carboxylic acids is 3. The van der Waals surface area contributed by atoms with Crippen molar-refractivity contribution >= 4 is 23.3 Å². The molecule has 7 nitrogen and oxygen atoms in total. The summed E-state index contributed by atoms with van der Waals surface area (Å²) in [5.74, 6) is -0.863. The van der Waals surface area contributed by atoms with E-state index < -0.39 is 12.0 Å². The number of likely N-dealkylation sites (N-methyl/N-ethyl adjacent to an activating group) is 1. The van der Waals surface area contributed by atoms with Gasteiger partial charge in [0.1, 0.15) is 0 Å². The largest absolute Gasteiger partial charge is 0.465 e. The molecule has 7 heteroatoms. The van der Waals surface area contributed by atoms with Crippen LogP contribution in [0.2, 0.25) is 0 Å². The lowest BCUT2D eigenvalue weighted by atomic mass is 10.0. The van der Waals surface area contributed by atoms with E-state index >= 15 is 0 Å². The quantitative estimate of drug-likeness (QED) is 0.526. The summed E-state index contributed by atoms with van der Waals surface area (Å²) in [4.78, 5) is 42.1. The van der Waals surface area contributed by atoms with Gasteiger partial charge in [-0.05, 0) is 51.4 Å². The Balaban J connectivity index is 2.10. The van der Waals surface area contributed by atoms with Gasteiger partial charge in [0.05, 0.1) is 31.0 Å². The van der Waals surface area contributed by atoms with Gasteiger partial charge in [0.15, 0.2) is 5.78 Å². The lowest BCUT2D eigenvalue weighted by Gasteiger charge is -2.23. The predicted octanol–water partition coefficient (Wildman–Crippen LogP) is 3.12. The van der Waals surface area contributed by atoms with E-state index in [1.807, 2.05) is 31.2 Å². The first kappa shape index (κ1) is 22.4. The number of rotatable bonds is 8. The number of H-pyrrole nitrogens is 1. The molecule has 1 aromatic heterocycles. The number of carbonyl (C=O) groups is 3. The van der Waals surface area contributed by atoms with Gasteiger partial charge in [-0.25, -0.2) is 4.79 Å². The number of esters is 1. The number of nitrogens with zero attached hydrogens (tertiary/aromatic N) is 1. The predicted molar refractivity (Wildman–Crippen MR) is 112 cm³/mol. The van der Waals surface area contributed by atoms with E-state index in [1.165, 1.54) is 7.11 Å². The summed E-state index contributed by atoms with van der Waals surface area (Å²) in [7, 11) is 3.03. The summed E-state index contributed by atoms with van der Waals surface area (Å²) in [6.45, 7) is 7.27. The minimum absolute atomic E-state index is 0.0630. The zero-order valence-electron chi connectivity index (χ0n) is 17.9. The summed E-state index contributed by atoms with van der Waals surface area (Å²) < 4.78 is 4.79. The summed E-state index contributed by atoms with van der Waals surface area (Å²) in [5.41, 5.74) is 3.72. The molecule has 2 N–H and O–H groups in total. The van der Waals surface area contributed by atoms with Crippen LogP contribution in [0.1, 0.15) is 51.5 Å². The molecule has 2 aromatic rings. The molecule has 0 saturated heterocycles. The van der Waals surface area contributed by atoms with Crippen LogP contribution >= 0.6 is 0 Å². The highest BCUT2D eigenvalue weighted by atomic mass is 16.5. The third-order valence-corrected chi connectivity index (χ3v) is 5.18. The van der Waals surface area contributed by atoms with Crippen molar-refractivity contribution in [2.75, 3.05) is 26.0 Å². The molecular formula is C22H29N3O4. The van der Waals surface area contributed by atoms with Crippen molar-refractivity contribution in [2.24, 2.45) is 0 Å². The number of Topliss-reactive ketones (excluding diaryl/α,β-unsaturated/α-hetero) is 1. The maximum Gasteiger partial charge on any atom is 0.339 e. The van der Waals surface area contributed by atoms with Crippen LogP contribution in [0.5, 0.6) is 0 Å². The first-order valence-electron chi connectivity index (χ1n) is 9.60. The van der Waals surface area contributed by atoms with Crippen molar-refractivity contribution in [1.29, 1.82) is 0 Å². The minimum Gasteiger partial charge on any atom is -0.465 e. The lowest BCUT2D eigenvalue weighted by Crippen LogP contribution is -2.41. The Morgan fingerprint density at radius 3 is 2.48 bits per heavy atom. The smallest absolute Gasteiger partial charge is 0.339 e. The monoisotopic (exact) mass is 399 g/mol. The molecule has 156 valence electrons. The average Bonchev–Trinajstić information content (AvgIpc) is 3.00. The van der Waals surface area contributed by atoms with E-state index in [0.29, 0.717) is 22.5 Å². The molecule has 0 fully saturated rings. The van der Waals surface area contributed by atoms with Gasteiger partial charge in [0, 0.05) is 11.4 Å². The molecule has 1 atom stereocenters. The van der Waals surface area contributed by atoms with Crippen molar-refractivity contribution in [3.05, 3.63) is 52.3 Å². The molecule has 0 saturated carbocycles. The highest BCUT2D eigenvalue weighted by Crippen LogP contribution is 2.21. The normalized spacial score (nSPS) is 12.0. The Bertz CT molecular complexity index is 917. The molecule has 1 heterocycles. The van der Waals surface area contributed by atoms with E-state index in [9.17, 15) is 14.4 Å². The molecule has 0 bridgehead atoms. The summed E-state index contributed by atoms with van der Waals surface area (Å²) in [6, 6.07) is 7.10. The van der Waals surface area contributed by atoms with Crippen LogP contribution in [0, 0.1) is 13.8 Å². The van der Waals surface area contributed by atoms with Crippen LogP contribution in [0.4, 0.5) is 5.69 Å². The fraction of sp³-hybridized carbons (Fsp3) is 0.409. The maximum atomic E-state index is 13.0. The van der Waals surface area contributed by atoms with Gasteiger partial charge in [-0.3, -0.25) is 14.5 Å². The number of hydrogen-bond donors (Lipinski definition) is 2. The van der Waals surface area contributed by atoms with Crippen LogP contribution in [0.15, 0.2) is 24.3 Å². The summed E-state index contributed by atoms with van der Waals surface area (Å²) in [6.07, 6.45) is 0.815. The second kappa shape index (κ2) is 9.52. The zero-order valence-corrected chi connectivity index (χ0v) is 17.9. The first-order valence-corrected chi connectivity index (χ1v) is 9.60. The number of ether oxygens (including phenoxy) is 1. The number of benzene rings is 1. The van der Waals surface area contributed by atoms with Crippen LogP contribution in [-0.4, -0.2) is 54.3 Å². The Morgan fingerprint density at radius 2 is 1.86 bits per heavy atom. The number of amides is 1. The van der Waals surface area contributed by atoms with Crippen molar-refractivity contribution in [2.45, 2.75) is 40.2 Å². The number of nitrogens with one attached hydrogen (secondary N) is 2.